The fourth-order valence-electron chi connectivity index (χ4n) is 1.27. The Morgan fingerprint density at radius 1 is 1.42 bits per heavy atom. The molecule has 0 aliphatic rings. The molecule has 4 nitrogen and oxygen atoms in total. The Labute approximate surface area is 118 Å². The number of pyridine rings is 1. The Kier molecular flexibility index (Phi) is 5.05. The third kappa shape index (κ3) is 5.13. The molecule has 0 saturated heterocycles. The molecule has 10 heteroatoms. The summed E-state index contributed by atoms with van der Waals surface area (Å²) in [4.78, 5) is 3.17. The summed E-state index contributed by atoms with van der Waals surface area (Å²) >= 11 is 11.1. The van der Waals surface area contributed by atoms with Crippen molar-refractivity contribution in [2.24, 2.45) is 0 Å². The zero-order valence-electron chi connectivity index (χ0n) is 9.50. The molecular weight excluding hydrogens is 328 g/mol. The minimum Gasteiger partial charge on any atom is -0.242 e. The maximum Gasteiger partial charge on any atom is 0.390 e. The van der Waals surface area contributed by atoms with Gasteiger partial charge in [-0.1, -0.05) is 23.2 Å². The Bertz CT molecular complexity index is 563. The van der Waals surface area contributed by atoms with E-state index in [1.807, 2.05) is 4.72 Å². The third-order valence-electron chi connectivity index (χ3n) is 1.98. The number of halogens is 5. The largest absolute Gasteiger partial charge is 0.390 e. The molecule has 0 amide bonds. The Morgan fingerprint density at radius 3 is 2.47 bits per heavy atom. The number of aromatic nitrogens is 1. The van der Waals surface area contributed by atoms with Crippen LogP contribution in [0.25, 0.3) is 0 Å². The molecule has 0 bridgehead atoms. The van der Waals surface area contributed by atoms with E-state index >= 15 is 0 Å². The van der Waals surface area contributed by atoms with Crippen LogP contribution < -0.4 is 4.72 Å². The lowest BCUT2D eigenvalue weighted by atomic mass is 10.2. The van der Waals surface area contributed by atoms with Crippen LogP contribution in [-0.4, -0.2) is 25.6 Å². The fraction of sp³-hybridized carbons (Fsp3) is 0.444. The van der Waals surface area contributed by atoms with Gasteiger partial charge in [0.05, 0.1) is 11.4 Å². The van der Waals surface area contributed by atoms with Crippen molar-refractivity contribution in [1.29, 1.82) is 0 Å². The molecule has 1 atom stereocenters. The summed E-state index contributed by atoms with van der Waals surface area (Å²) in [6.45, 7) is 1.11. The first-order chi connectivity index (χ1) is 8.51. The molecule has 0 saturated carbocycles. The molecule has 0 aliphatic heterocycles. The molecule has 0 aromatic carbocycles. The van der Waals surface area contributed by atoms with Gasteiger partial charge in [-0.05, 0) is 13.0 Å². The molecule has 108 valence electrons. The quantitative estimate of drug-likeness (QED) is 0.860. The van der Waals surface area contributed by atoms with Crippen molar-refractivity contribution in [2.45, 2.75) is 30.5 Å². The van der Waals surface area contributed by atoms with Crippen LogP contribution in [-0.2, 0) is 10.0 Å². The number of hydrogen-bond donors (Lipinski definition) is 1. The summed E-state index contributed by atoms with van der Waals surface area (Å²) in [5, 5.41) is -0.197. The summed E-state index contributed by atoms with van der Waals surface area (Å²) in [5.41, 5.74) is 0. The van der Waals surface area contributed by atoms with E-state index in [4.69, 9.17) is 23.2 Å². The summed E-state index contributed by atoms with van der Waals surface area (Å²) in [6.07, 6.45) is -4.82. The first-order valence-electron chi connectivity index (χ1n) is 4.91. The first-order valence-corrected chi connectivity index (χ1v) is 7.15. The van der Waals surface area contributed by atoms with Gasteiger partial charge in [0.15, 0.2) is 0 Å². The van der Waals surface area contributed by atoms with E-state index in [9.17, 15) is 21.6 Å². The lowest BCUT2D eigenvalue weighted by Gasteiger charge is -2.16. The smallest absolute Gasteiger partial charge is 0.242 e. The minimum atomic E-state index is -4.46. The van der Waals surface area contributed by atoms with Crippen LogP contribution in [0.3, 0.4) is 0 Å². The average Bonchev–Trinajstić information content (AvgIpc) is 2.17. The normalized spacial score (nSPS) is 14.4. The van der Waals surface area contributed by atoms with Crippen molar-refractivity contribution in [1.82, 2.24) is 9.71 Å². The summed E-state index contributed by atoms with van der Waals surface area (Å²) in [5.74, 6) is 0. The van der Waals surface area contributed by atoms with Gasteiger partial charge in [-0.3, -0.25) is 0 Å². The van der Waals surface area contributed by atoms with Crippen LogP contribution in [0.4, 0.5) is 13.2 Å². The van der Waals surface area contributed by atoms with Gasteiger partial charge in [-0.2, -0.15) is 13.2 Å². The molecule has 1 rings (SSSR count). The van der Waals surface area contributed by atoms with Crippen LogP contribution in [0.1, 0.15) is 13.3 Å². The van der Waals surface area contributed by atoms with Crippen LogP contribution in [0.2, 0.25) is 10.2 Å². The lowest BCUT2D eigenvalue weighted by Crippen LogP contribution is -2.36. The van der Waals surface area contributed by atoms with Crippen LogP contribution in [0, 0.1) is 0 Å². The summed E-state index contributed by atoms with van der Waals surface area (Å²) in [6, 6.07) is -0.293. The van der Waals surface area contributed by atoms with Gasteiger partial charge in [0.1, 0.15) is 10.0 Å². The van der Waals surface area contributed by atoms with Crippen LogP contribution in [0.5, 0.6) is 0 Å². The fourth-order valence-corrected chi connectivity index (χ4v) is 2.82. The first kappa shape index (κ1) is 16.5. The van der Waals surface area contributed by atoms with Gasteiger partial charge < -0.3 is 0 Å². The van der Waals surface area contributed by atoms with Crippen molar-refractivity contribution in [3.8, 4) is 0 Å². The minimum absolute atomic E-state index is 0.0936. The third-order valence-corrected chi connectivity index (χ3v) is 4.22. The van der Waals surface area contributed by atoms with Crippen molar-refractivity contribution >= 4 is 33.2 Å². The number of alkyl halides is 3. The monoisotopic (exact) mass is 336 g/mol. The second-order valence-corrected chi connectivity index (χ2v) is 6.26. The lowest BCUT2D eigenvalue weighted by molar-refractivity contribution is -0.137. The Morgan fingerprint density at radius 2 is 2.00 bits per heavy atom. The molecule has 1 unspecified atom stereocenters. The summed E-state index contributed by atoms with van der Waals surface area (Å²) < 4.78 is 61.8. The number of nitrogens with zero attached hydrogens (tertiary/aromatic N) is 1. The summed E-state index contributed by atoms with van der Waals surface area (Å²) in [7, 11) is -4.13. The zero-order valence-corrected chi connectivity index (χ0v) is 11.8. The van der Waals surface area contributed by atoms with Crippen molar-refractivity contribution < 1.29 is 21.6 Å². The van der Waals surface area contributed by atoms with Gasteiger partial charge in [0, 0.05) is 12.2 Å². The maximum atomic E-state index is 12.1. The Hall–Kier alpha value is -0.570. The van der Waals surface area contributed by atoms with Gasteiger partial charge in [-0.15, -0.1) is 0 Å². The highest BCUT2D eigenvalue weighted by molar-refractivity contribution is 7.89. The predicted octanol–water partition coefficient (Wildman–Crippen LogP) is 3.01. The van der Waals surface area contributed by atoms with E-state index in [1.54, 1.807) is 0 Å². The van der Waals surface area contributed by atoms with Gasteiger partial charge >= 0.3 is 6.18 Å². The van der Waals surface area contributed by atoms with E-state index in [0.29, 0.717) is 0 Å². The van der Waals surface area contributed by atoms with E-state index in [-0.39, 0.29) is 15.1 Å². The molecule has 1 heterocycles. The average molecular weight is 337 g/mol. The van der Waals surface area contributed by atoms with E-state index in [1.165, 1.54) is 0 Å². The van der Waals surface area contributed by atoms with Crippen molar-refractivity contribution in [2.75, 3.05) is 0 Å². The van der Waals surface area contributed by atoms with E-state index in [0.717, 1.165) is 19.2 Å². The number of hydrogen-bond acceptors (Lipinski definition) is 3. The van der Waals surface area contributed by atoms with E-state index in [2.05, 4.69) is 4.98 Å². The van der Waals surface area contributed by atoms with E-state index < -0.39 is 28.7 Å². The molecule has 0 radical (unpaired) electrons. The highest BCUT2D eigenvalue weighted by Gasteiger charge is 2.32. The number of nitrogens with one attached hydrogen (secondary N) is 1. The standard InChI is InChI=1S/C9H9Cl2F3N2O2S/c1-5(3-9(12,13)14)16-19(17,18)6-2-7(10)8(11)15-4-6/h2,4-5,16H,3H2,1H3. The molecule has 19 heavy (non-hydrogen) atoms. The topological polar surface area (TPSA) is 59.1 Å². The second kappa shape index (κ2) is 5.82. The molecule has 1 aromatic rings. The number of sulfonamides is 1. The van der Waals surface area contributed by atoms with Crippen molar-refractivity contribution in [3.63, 3.8) is 0 Å². The highest BCUT2D eigenvalue weighted by atomic mass is 35.5. The molecule has 0 spiro atoms. The molecule has 0 aliphatic carbocycles. The zero-order chi connectivity index (χ0) is 14.8. The molecule has 1 aromatic heterocycles. The van der Waals surface area contributed by atoms with Gasteiger partial charge in [-0.25, -0.2) is 18.1 Å². The van der Waals surface area contributed by atoms with Crippen LogP contribution in [0.15, 0.2) is 17.2 Å². The van der Waals surface area contributed by atoms with Crippen molar-refractivity contribution in [3.05, 3.63) is 22.4 Å². The van der Waals surface area contributed by atoms with Crippen LogP contribution >= 0.6 is 23.2 Å². The predicted molar refractivity (Wildman–Crippen MR) is 64.7 cm³/mol. The highest BCUT2D eigenvalue weighted by Crippen LogP contribution is 2.24. The second-order valence-electron chi connectivity index (χ2n) is 3.79. The molecular formula is C9H9Cl2F3N2O2S. The Balaban J connectivity index is 2.89. The van der Waals surface area contributed by atoms with Gasteiger partial charge in [0.25, 0.3) is 0 Å². The molecule has 0 fully saturated rings. The van der Waals surface area contributed by atoms with Gasteiger partial charge in [0.2, 0.25) is 10.0 Å². The number of rotatable bonds is 4. The molecule has 1 N–H and O–H groups in total. The SMILES string of the molecule is CC(CC(F)(F)F)NS(=O)(=O)c1cnc(Cl)c(Cl)c1. The maximum absolute atomic E-state index is 12.1.